The molecule has 2 aromatic carbocycles. The molecule has 6 rings (SSSR count). The fourth-order valence-electron chi connectivity index (χ4n) is 9.96. The van der Waals surface area contributed by atoms with Crippen LogP contribution < -0.4 is 65.1 Å². The van der Waals surface area contributed by atoms with E-state index in [2.05, 4.69) is 62.8 Å². The van der Waals surface area contributed by atoms with Crippen molar-refractivity contribution >= 4 is 81.8 Å². The second kappa shape index (κ2) is 31.3. The third-order valence-corrected chi connectivity index (χ3v) is 14.3. The molecule has 86 heavy (non-hydrogen) atoms. The van der Waals surface area contributed by atoms with Crippen LogP contribution >= 0.6 is 0 Å². The average Bonchev–Trinajstić information content (AvgIpc) is 2.60. The minimum atomic E-state index is -1.76. The van der Waals surface area contributed by atoms with E-state index in [0.29, 0.717) is 34.1 Å². The minimum absolute atomic E-state index is 0.0156. The molecule has 0 bridgehead atoms. The highest BCUT2D eigenvalue weighted by atomic mass is 16.3. The molecule has 30 heteroatoms. The maximum absolute atomic E-state index is 14.5. The first-order chi connectivity index (χ1) is 41.0. The third kappa shape index (κ3) is 19.5. The van der Waals surface area contributed by atoms with Gasteiger partial charge in [-0.2, -0.15) is 0 Å². The number of hydrogen-bond acceptors (Lipinski definition) is 15. The van der Waals surface area contributed by atoms with E-state index in [-0.39, 0.29) is 94.4 Å². The number of fused-ring (bicyclic) bond motifs is 1. The summed E-state index contributed by atoms with van der Waals surface area (Å²) in [5.74, 6) is -8.86. The molecule has 8 atom stereocenters. The lowest BCUT2D eigenvalue weighted by atomic mass is 10.0. The van der Waals surface area contributed by atoms with Gasteiger partial charge in [-0.1, -0.05) is 44.2 Å². The van der Waals surface area contributed by atoms with Crippen molar-refractivity contribution in [3.8, 4) is 5.75 Å². The van der Waals surface area contributed by atoms with Gasteiger partial charge in [0.1, 0.15) is 54.1 Å². The lowest BCUT2D eigenvalue weighted by molar-refractivity contribution is -0.142. The van der Waals surface area contributed by atoms with Crippen molar-refractivity contribution in [2.45, 2.75) is 126 Å². The molecule has 4 heterocycles. The van der Waals surface area contributed by atoms with Crippen molar-refractivity contribution in [2.24, 2.45) is 35.2 Å². The largest absolute Gasteiger partial charge is 0.508 e. The van der Waals surface area contributed by atoms with Crippen LogP contribution in [0.1, 0.15) is 75.6 Å². The van der Waals surface area contributed by atoms with Crippen molar-refractivity contribution in [3.05, 3.63) is 84.1 Å². The first-order valence-corrected chi connectivity index (χ1v) is 28.2. The number of phenols is 1. The number of benzene rings is 2. The Kier molecular flexibility index (Phi) is 23.9. The predicted molar refractivity (Wildman–Crippen MR) is 310 cm³/mol. The Morgan fingerprint density at radius 1 is 0.744 bits per heavy atom. The summed E-state index contributed by atoms with van der Waals surface area (Å²) in [5, 5.41) is 44.6. The lowest BCUT2D eigenvalue weighted by Gasteiger charge is -2.30. The number of rotatable bonds is 31. The van der Waals surface area contributed by atoms with E-state index in [0.717, 1.165) is 0 Å². The van der Waals surface area contributed by atoms with Crippen LogP contribution in [-0.2, 0) is 79.1 Å². The molecule has 0 spiro atoms. The summed E-state index contributed by atoms with van der Waals surface area (Å²) >= 11 is 0. The summed E-state index contributed by atoms with van der Waals surface area (Å²) in [5.41, 5.74) is 18.3. The number of imidazole rings is 1. The summed E-state index contributed by atoms with van der Waals surface area (Å²) in [6.07, 6.45) is 5.55. The second-order valence-corrected chi connectivity index (χ2v) is 21.6. The number of likely N-dealkylation sites (tertiary alicyclic amines) is 1. The Balaban J connectivity index is 1.17. The molecule has 18 N–H and O–H groups in total. The van der Waals surface area contributed by atoms with E-state index in [1.54, 1.807) is 62.1 Å². The first kappa shape index (κ1) is 65.5. The normalized spacial score (nSPS) is 16.7. The van der Waals surface area contributed by atoms with Gasteiger partial charge in [-0.25, -0.2) is 4.98 Å². The Bertz CT molecular complexity index is 3120. The zero-order valence-corrected chi connectivity index (χ0v) is 48.1. The van der Waals surface area contributed by atoms with Crippen LogP contribution in [0.25, 0.3) is 10.9 Å². The molecule has 2 fully saturated rings. The number of aliphatic hydroxyl groups excluding tert-OH is 1. The Hall–Kier alpha value is -9.61. The number of hydrogen-bond donors (Lipinski definition) is 15. The van der Waals surface area contributed by atoms with Crippen molar-refractivity contribution in [1.29, 1.82) is 0 Å². The molecule has 0 unspecified atom stereocenters. The number of nitrogens with two attached hydrogens (primary N) is 3. The zero-order chi connectivity index (χ0) is 62.6. The molecule has 11 amide bonds. The first-order valence-electron chi connectivity index (χ1n) is 28.2. The van der Waals surface area contributed by atoms with Gasteiger partial charge < -0.3 is 89.7 Å². The van der Waals surface area contributed by atoms with Gasteiger partial charge in [0.2, 0.25) is 65.0 Å². The standard InChI is InChI=1S/C56H77N17O13/c1-30(2)20-39(50(81)67-38(10-6-18-60-56(58)59)55(86)73-19-7-11-44(73)54(85)62-25-45(57)76)66-47(78)26-63-48(79)40(21-31-12-14-34(75)15-13-31)68-53(84)43(28-74)71-51(82)41(22-32-24-61-36-9-5-4-8-35(32)36)69-52(83)42(23-33-27-72(3)29-64-33)70-49(80)37-16-17-46(77)65-37/h4-5,8-9,12-15,24,27,29-30,37-44,61,74-75H,6-7,10-11,16-23,25-26,28H2,1-3H3,(H2,57,76)(H,62,85)(H,63,79)(H,65,77)(H,66,78)(H,67,81)(H,68,84)(H,69,83)(H,70,80)(H,71,82)(H4,58,59,60)/t37-,38-,39-,40-,41-,42-,43-,44-/m0/s1. The molecule has 464 valence electrons. The molecular weight excluding hydrogens is 1120 g/mol. The molecule has 2 aliphatic rings. The van der Waals surface area contributed by atoms with Gasteiger partial charge in [-0.05, 0) is 73.8 Å². The SMILES string of the molecule is CC(C)C[C@H](NC(=O)CNC(=O)[C@H](Cc1ccc(O)cc1)NC(=O)[C@H](CO)NC(=O)[C@H](Cc1c[nH]c2ccccc12)NC(=O)[C@H](Cc1cn(C)cn1)NC(=O)[C@@H]1CCC(=O)N1)C(=O)N[C@@H](CCCN=C(N)N)C(=O)N1CCC[C@H]1C(=O)NCC(N)=O. The fourth-order valence-corrected chi connectivity index (χ4v) is 9.96. The molecule has 0 saturated carbocycles. The molecular formula is C56H77N17O13. The Labute approximate surface area is 494 Å². The number of carbonyl (C=O) groups excluding carboxylic acids is 11. The summed E-state index contributed by atoms with van der Waals surface area (Å²) in [4.78, 5) is 162. The maximum Gasteiger partial charge on any atom is 0.245 e. The Morgan fingerprint density at radius 3 is 2.03 bits per heavy atom. The number of aromatic amines is 1. The molecule has 2 aromatic heterocycles. The highest BCUT2D eigenvalue weighted by Gasteiger charge is 2.39. The number of primary amides is 1. The van der Waals surface area contributed by atoms with Crippen LogP contribution in [0.2, 0.25) is 0 Å². The van der Waals surface area contributed by atoms with E-state index < -0.39 is 127 Å². The molecule has 2 saturated heterocycles. The van der Waals surface area contributed by atoms with E-state index in [1.165, 1.54) is 35.5 Å². The average molecular weight is 1200 g/mol. The summed E-state index contributed by atoms with van der Waals surface area (Å²) in [6, 6.07) is 2.37. The molecule has 30 nitrogen and oxygen atoms in total. The van der Waals surface area contributed by atoms with Crippen molar-refractivity contribution in [2.75, 3.05) is 32.8 Å². The summed E-state index contributed by atoms with van der Waals surface area (Å²) < 4.78 is 1.64. The molecule has 0 radical (unpaired) electrons. The number of aliphatic hydroxyl groups is 1. The fraction of sp³-hybridized carbons (Fsp3) is 0.482. The van der Waals surface area contributed by atoms with E-state index in [9.17, 15) is 63.0 Å². The van der Waals surface area contributed by atoms with Crippen LogP contribution in [0.3, 0.4) is 0 Å². The number of para-hydroxylation sites is 1. The van der Waals surface area contributed by atoms with Gasteiger partial charge in [0.05, 0.1) is 31.7 Å². The lowest BCUT2D eigenvalue weighted by Crippen LogP contribution is -2.60. The quantitative estimate of drug-likeness (QED) is 0.0129. The van der Waals surface area contributed by atoms with Crippen LogP contribution in [0, 0.1) is 5.92 Å². The van der Waals surface area contributed by atoms with Gasteiger partial charge in [0.25, 0.3) is 0 Å². The van der Waals surface area contributed by atoms with E-state index >= 15 is 0 Å². The molecule has 4 aromatic rings. The predicted octanol–water partition coefficient (Wildman–Crippen LogP) is -4.38. The van der Waals surface area contributed by atoms with Crippen LogP contribution in [-0.4, -0.2) is 182 Å². The number of phenolic OH excluding ortho intramolecular Hbond substituents is 1. The summed E-state index contributed by atoms with van der Waals surface area (Å²) in [6.45, 7) is 1.62. The minimum Gasteiger partial charge on any atom is -0.508 e. The van der Waals surface area contributed by atoms with E-state index in [1.807, 2.05) is 0 Å². The molecule has 0 aliphatic carbocycles. The zero-order valence-electron chi connectivity index (χ0n) is 48.1. The number of aromatic hydroxyl groups is 1. The topological polar surface area (TPSA) is 464 Å². The number of H-pyrrole nitrogens is 1. The highest BCUT2D eigenvalue weighted by molar-refractivity contribution is 5.99. The number of amides is 11. The number of carbonyl (C=O) groups is 11. The number of guanidine groups is 1. The van der Waals surface area contributed by atoms with Gasteiger partial charge in [-0.15, -0.1) is 0 Å². The number of nitrogens with zero attached hydrogens (tertiary/aromatic N) is 4. The monoisotopic (exact) mass is 1200 g/mol. The van der Waals surface area contributed by atoms with E-state index in [4.69, 9.17) is 17.2 Å². The van der Waals surface area contributed by atoms with Gasteiger partial charge in [0.15, 0.2) is 5.96 Å². The number of aliphatic imine (C=N–C) groups is 1. The van der Waals surface area contributed by atoms with Gasteiger partial charge >= 0.3 is 0 Å². The van der Waals surface area contributed by atoms with Crippen molar-refractivity contribution < 1.29 is 63.0 Å². The van der Waals surface area contributed by atoms with Crippen LogP contribution in [0.4, 0.5) is 0 Å². The number of nitrogens with one attached hydrogen (secondary N) is 10. The van der Waals surface area contributed by atoms with Crippen molar-refractivity contribution in [3.63, 3.8) is 0 Å². The second-order valence-electron chi connectivity index (χ2n) is 21.6. The Morgan fingerprint density at radius 2 is 1.40 bits per heavy atom. The molecule has 2 aliphatic heterocycles. The van der Waals surface area contributed by atoms with Gasteiger partial charge in [0, 0.05) is 69.1 Å². The third-order valence-electron chi connectivity index (χ3n) is 14.3. The maximum atomic E-state index is 14.5. The summed E-state index contributed by atoms with van der Waals surface area (Å²) in [7, 11) is 1.71. The highest BCUT2D eigenvalue weighted by Crippen LogP contribution is 2.22. The van der Waals surface area contributed by atoms with Crippen molar-refractivity contribution in [1.82, 2.24) is 67.3 Å². The van der Waals surface area contributed by atoms with Crippen LogP contribution in [0.5, 0.6) is 5.75 Å². The smallest absolute Gasteiger partial charge is 0.245 e. The van der Waals surface area contributed by atoms with Gasteiger partial charge in [-0.3, -0.25) is 57.7 Å². The number of aromatic nitrogens is 3. The number of aryl methyl sites for hydroxylation is 1. The van der Waals surface area contributed by atoms with Crippen LogP contribution in [0.15, 0.2) is 72.2 Å².